The van der Waals surface area contributed by atoms with Crippen LogP contribution in [0.1, 0.15) is 53.0 Å². The Bertz CT molecular complexity index is 964. The summed E-state index contributed by atoms with van der Waals surface area (Å²) in [7, 11) is 0. The van der Waals surface area contributed by atoms with E-state index < -0.39 is 29.1 Å². The molecule has 0 aliphatic carbocycles. The first-order valence-corrected chi connectivity index (χ1v) is 13.6. The van der Waals surface area contributed by atoms with Crippen LogP contribution in [-0.4, -0.2) is 64.6 Å². The first-order valence-electron chi connectivity index (χ1n) is 12.3. The maximum absolute atomic E-state index is 12.9. The molecule has 1 aromatic rings. The van der Waals surface area contributed by atoms with Gasteiger partial charge in [0.15, 0.2) is 0 Å². The van der Waals surface area contributed by atoms with Gasteiger partial charge in [0.1, 0.15) is 12.1 Å². The van der Waals surface area contributed by atoms with Crippen molar-refractivity contribution in [3.63, 3.8) is 0 Å². The second-order valence-electron chi connectivity index (χ2n) is 9.87. The monoisotopic (exact) mass is 518 g/mol. The van der Waals surface area contributed by atoms with Gasteiger partial charge >= 0.3 is 0 Å². The van der Waals surface area contributed by atoms with Crippen LogP contribution in [0.4, 0.5) is 5.69 Å². The molecular formula is C26H38N4O5S. The van der Waals surface area contributed by atoms with Gasteiger partial charge in [-0.1, -0.05) is 39.8 Å². The molecule has 0 aromatic heterocycles. The van der Waals surface area contributed by atoms with Crippen molar-refractivity contribution in [3.8, 4) is 0 Å². The SMILES string of the molecule is CSC1CC(=O)N(CCC(=O)NC(C(=O)N[C@@H](C)C(=O)Nc2ccc(CC(C)C)cc2)C(C)C)C1=O. The molecule has 9 nitrogen and oxygen atoms in total. The van der Waals surface area contributed by atoms with Crippen LogP contribution in [0.15, 0.2) is 24.3 Å². The lowest BCUT2D eigenvalue weighted by Crippen LogP contribution is -2.54. The summed E-state index contributed by atoms with van der Waals surface area (Å²) in [6, 6.07) is 5.90. The summed E-state index contributed by atoms with van der Waals surface area (Å²) in [6.07, 6.45) is 2.76. The zero-order chi connectivity index (χ0) is 27.0. The summed E-state index contributed by atoms with van der Waals surface area (Å²) in [6.45, 7) is 9.40. The number of imide groups is 1. The molecule has 1 fully saturated rings. The summed E-state index contributed by atoms with van der Waals surface area (Å²) in [4.78, 5) is 63.3. The van der Waals surface area contributed by atoms with Gasteiger partial charge in [0.25, 0.3) is 0 Å². The fraction of sp³-hybridized carbons (Fsp3) is 0.577. The molecule has 0 bridgehead atoms. The van der Waals surface area contributed by atoms with Gasteiger partial charge in [-0.3, -0.25) is 28.9 Å². The highest BCUT2D eigenvalue weighted by Crippen LogP contribution is 2.23. The minimum atomic E-state index is -0.869. The molecule has 2 rings (SSSR count). The number of hydrogen-bond donors (Lipinski definition) is 3. The highest BCUT2D eigenvalue weighted by atomic mass is 32.2. The molecule has 1 aliphatic rings. The molecule has 1 aliphatic heterocycles. The molecule has 1 heterocycles. The normalized spacial score (nSPS) is 17.3. The summed E-state index contributed by atoms with van der Waals surface area (Å²) in [5.74, 6) is -1.59. The lowest BCUT2D eigenvalue weighted by Gasteiger charge is -2.24. The van der Waals surface area contributed by atoms with Crippen LogP contribution >= 0.6 is 11.8 Å². The Morgan fingerprint density at radius 2 is 1.64 bits per heavy atom. The van der Waals surface area contributed by atoms with E-state index in [1.807, 2.05) is 24.3 Å². The summed E-state index contributed by atoms with van der Waals surface area (Å²) in [5.41, 5.74) is 1.82. The van der Waals surface area contributed by atoms with Crippen LogP contribution in [0.5, 0.6) is 0 Å². The van der Waals surface area contributed by atoms with E-state index in [4.69, 9.17) is 0 Å². The molecular weight excluding hydrogens is 480 g/mol. The highest BCUT2D eigenvalue weighted by Gasteiger charge is 2.38. The number of anilines is 1. The third-order valence-corrected chi connectivity index (χ3v) is 6.87. The molecule has 5 amide bonds. The van der Waals surface area contributed by atoms with E-state index in [2.05, 4.69) is 29.8 Å². The number of hydrogen-bond acceptors (Lipinski definition) is 6. The van der Waals surface area contributed by atoms with E-state index in [0.29, 0.717) is 11.6 Å². The first-order chi connectivity index (χ1) is 16.9. The van der Waals surface area contributed by atoms with Crippen molar-refractivity contribution in [1.29, 1.82) is 0 Å². The van der Waals surface area contributed by atoms with Crippen molar-refractivity contribution in [3.05, 3.63) is 29.8 Å². The van der Waals surface area contributed by atoms with Crippen LogP contribution in [0, 0.1) is 11.8 Å². The third-order valence-electron chi connectivity index (χ3n) is 5.93. The van der Waals surface area contributed by atoms with E-state index in [9.17, 15) is 24.0 Å². The van der Waals surface area contributed by atoms with E-state index in [1.165, 1.54) is 17.3 Å². The average molecular weight is 519 g/mol. The quantitative estimate of drug-likeness (QED) is 0.365. The number of carbonyl (C=O) groups is 5. The van der Waals surface area contributed by atoms with Gasteiger partial charge in [0, 0.05) is 25.1 Å². The molecule has 3 atom stereocenters. The van der Waals surface area contributed by atoms with E-state index in [0.717, 1.165) is 11.3 Å². The molecule has 1 aromatic carbocycles. The topological polar surface area (TPSA) is 125 Å². The fourth-order valence-electron chi connectivity index (χ4n) is 3.88. The molecule has 2 unspecified atom stereocenters. The molecule has 3 N–H and O–H groups in total. The van der Waals surface area contributed by atoms with E-state index in [-0.39, 0.29) is 43.0 Å². The Morgan fingerprint density at radius 1 is 1.00 bits per heavy atom. The Hall–Kier alpha value is -2.88. The minimum absolute atomic E-state index is 0.0260. The fourth-order valence-corrected chi connectivity index (χ4v) is 4.52. The number of nitrogens with one attached hydrogen (secondary N) is 3. The molecule has 0 saturated carbocycles. The van der Waals surface area contributed by atoms with Crippen molar-refractivity contribution < 1.29 is 24.0 Å². The number of likely N-dealkylation sites (tertiary alicyclic amines) is 1. The Morgan fingerprint density at radius 3 is 2.17 bits per heavy atom. The number of rotatable bonds is 12. The summed E-state index contributed by atoms with van der Waals surface area (Å²) >= 11 is 1.31. The van der Waals surface area contributed by atoms with Gasteiger partial charge in [0.2, 0.25) is 29.5 Å². The zero-order valence-corrected chi connectivity index (χ0v) is 22.7. The number of carbonyl (C=O) groups excluding carboxylic acids is 5. The predicted octanol–water partition coefficient (Wildman–Crippen LogP) is 2.35. The molecule has 10 heteroatoms. The molecule has 0 radical (unpaired) electrons. The average Bonchev–Trinajstić information content (AvgIpc) is 3.08. The molecule has 1 saturated heterocycles. The molecule has 36 heavy (non-hydrogen) atoms. The second kappa shape index (κ2) is 13.4. The van der Waals surface area contributed by atoms with E-state index in [1.54, 1.807) is 27.0 Å². The predicted molar refractivity (Wildman–Crippen MR) is 141 cm³/mol. The Labute approximate surface area is 217 Å². The lowest BCUT2D eigenvalue weighted by molar-refractivity contribution is -0.139. The first kappa shape index (κ1) is 29.4. The summed E-state index contributed by atoms with van der Waals surface area (Å²) < 4.78 is 0. The van der Waals surface area contributed by atoms with Gasteiger partial charge in [0.05, 0.1) is 5.25 Å². The smallest absolute Gasteiger partial charge is 0.246 e. The highest BCUT2D eigenvalue weighted by molar-refractivity contribution is 8.00. The van der Waals surface area contributed by atoms with Crippen LogP contribution in [0.2, 0.25) is 0 Å². The van der Waals surface area contributed by atoms with Gasteiger partial charge in [-0.2, -0.15) is 11.8 Å². The number of thioether (sulfide) groups is 1. The zero-order valence-electron chi connectivity index (χ0n) is 21.9. The molecule has 198 valence electrons. The second-order valence-corrected chi connectivity index (χ2v) is 10.9. The van der Waals surface area contributed by atoms with Crippen molar-refractivity contribution in [2.45, 2.75) is 71.2 Å². The Kier molecular flexibility index (Phi) is 11.0. The number of nitrogens with zero attached hydrogens (tertiary/aromatic N) is 1. The van der Waals surface area contributed by atoms with Crippen molar-refractivity contribution in [2.24, 2.45) is 11.8 Å². The van der Waals surface area contributed by atoms with Crippen LogP contribution in [0.3, 0.4) is 0 Å². The largest absolute Gasteiger partial charge is 0.344 e. The third kappa shape index (κ3) is 8.36. The lowest BCUT2D eigenvalue weighted by atomic mass is 10.0. The van der Waals surface area contributed by atoms with Crippen molar-refractivity contribution >= 4 is 47.0 Å². The van der Waals surface area contributed by atoms with Crippen LogP contribution < -0.4 is 16.0 Å². The minimum Gasteiger partial charge on any atom is -0.344 e. The van der Waals surface area contributed by atoms with Crippen LogP contribution in [-0.2, 0) is 30.4 Å². The van der Waals surface area contributed by atoms with Crippen molar-refractivity contribution in [1.82, 2.24) is 15.5 Å². The summed E-state index contributed by atoms with van der Waals surface area (Å²) in [5, 5.41) is 7.73. The van der Waals surface area contributed by atoms with Crippen LogP contribution in [0.25, 0.3) is 0 Å². The number of amides is 5. The maximum atomic E-state index is 12.9. The van der Waals surface area contributed by atoms with Crippen molar-refractivity contribution in [2.75, 3.05) is 18.1 Å². The molecule has 0 spiro atoms. The van der Waals surface area contributed by atoms with Gasteiger partial charge in [-0.15, -0.1) is 0 Å². The van der Waals surface area contributed by atoms with E-state index >= 15 is 0 Å². The standard InChI is InChI=1S/C26H38N4O5S/c1-15(2)13-18-7-9-19(10-8-18)28-24(33)17(5)27-25(34)23(16(3)4)29-21(31)11-12-30-22(32)14-20(36-6)26(30)35/h7-10,15-17,20,23H,11-14H2,1-6H3,(H,27,34)(H,28,33)(H,29,31)/t17-,20?,23?/m0/s1. The maximum Gasteiger partial charge on any atom is 0.246 e. The Balaban J connectivity index is 1.88. The van der Waals surface area contributed by atoms with Gasteiger partial charge in [-0.05, 0) is 49.1 Å². The van der Waals surface area contributed by atoms with Gasteiger partial charge < -0.3 is 16.0 Å². The number of benzene rings is 1. The van der Waals surface area contributed by atoms with Gasteiger partial charge in [-0.25, -0.2) is 0 Å².